The van der Waals surface area contributed by atoms with E-state index in [9.17, 15) is 0 Å². The van der Waals surface area contributed by atoms with Gasteiger partial charge in [-0.15, -0.1) is 11.3 Å². The smallest absolute Gasteiger partial charge is 0.0717 e. The van der Waals surface area contributed by atoms with Crippen LogP contribution in [-0.2, 0) is 6.54 Å². The molecule has 2 aromatic heterocycles. The molecule has 56 valence electrons. The highest BCUT2D eigenvalue weighted by Crippen LogP contribution is 2.22. The summed E-state index contributed by atoms with van der Waals surface area (Å²) in [5.74, 6) is 0. The van der Waals surface area contributed by atoms with E-state index in [0.29, 0.717) is 6.54 Å². The summed E-state index contributed by atoms with van der Waals surface area (Å²) in [5, 5.41) is 3.30. The van der Waals surface area contributed by atoms with Crippen molar-refractivity contribution in [2.75, 3.05) is 0 Å². The second-order valence-electron chi connectivity index (χ2n) is 2.30. The molecule has 2 aromatic rings. The van der Waals surface area contributed by atoms with E-state index in [1.54, 1.807) is 17.5 Å². The Morgan fingerprint density at radius 1 is 1.45 bits per heavy atom. The maximum absolute atomic E-state index is 5.52. The summed E-state index contributed by atoms with van der Waals surface area (Å²) in [7, 11) is 0. The summed E-state index contributed by atoms with van der Waals surface area (Å²) in [6.45, 7) is 0.526. The normalized spacial score (nSPS) is 10.6. The minimum Gasteiger partial charge on any atom is -0.325 e. The Labute approximate surface area is 68.7 Å². The van der Waals surface area contributed by atoms with Crippen LogP contribution in [0.1, 0.15) is 5.69 Å². The van der Waals surface area contributed by atoms with E-state index in [1.165, 1.54) is 10.1 Å². The summed E-state index contributed by atoms with van der Waals surface area (Å²) in [6, 6.07) is 4.09. The third-order valence-corrected chi connectivity index (χ3v) is 2.61. The van der Waals surface area contributed by atoms with Gasteiger partial charge < -0.3 is 5.73 Å². The Morgan fingerprint density at radius 2 is 2.36 bits per heavy atom. The van der Waals surface area contributed by atoms with Crippen molar-refractivity contribution in [2.45, 2.75) is 6.54 Å². The number of nitrogens with two attached hydrogens (primary N) is 1. The van der Waals surface area contributed by atoms with E-state index in [2.05, 4.69) is 16.4 Å². The molecule has 0 aliphatic rings. The zero-order valence-electron chi connectivity index (χ0n) is 5.95. The van der Waals surface area contributed by atoms with Gasteiger partial charge in [0.25, 0.3) is 0 Å². The molecule has 0 bridgehead atoms. The van der Waals surface area contributed by atoms with Gasteiger partial charge in [0.05, 0.1) is 10.4 Å². The van der Waals surface area contributed by atoms with E-state index < -0.39 is 0 Å². The quantitative estimate of drug-likeness (QED) is 0.697. The molecule has 11 heavy (non-hydrogen) atoms. The number of pyridine rings is 1. The van der Waals surface area contributed by atoms with Crippen molar-refractivity contribution in [2.24, 2.45) is 5.73 Å². The molecule has 0 unspecified atom stereocenters. The number of hydrogen-bond donors (Lipinski definition) is 1. The number of thiophene rings is 1. The van der Waals surface area contributed by atoms with Crippen LogP contribution in [0.5, 0.6) is 0 Å². The Hall–Kier alpha value is -0.930. The van der Waals surface area contributed by atoms with E-state index in [0.717, 1.165) is 5.69 Å². The number of nitrogens with zero attached hydrogens (tertiary/aromatic N) is 1. The van der Waals surface area contributed by atoms with Crippen molar-refractivity contribution in [3.05, 3.63) is 29.4 Å². The van der Waals surface area contributed by atoms with Gasteiger partial charge in [0, 0.05) is 12.7 Å². The number of aromatic nitrogens is 1. The molecule has 2 heterocycles. The van der Waals surface area contributed by atoms with Gasteiger partial charge in [-0.05, 0) is 22.9 Å². The number of fused-ring (bicyclic) bond motifs is 1. The van der Waals surface area contributed by atoms with Gasteiger partial charge >= 0.3 is 0 Å². The van der Waals surface area contributed by atoms with Crippen molar-refractivity contribution in [3.8, 4) is 0 Å². The molecule has 0 aliphatic heterocycles. The van der Waals surface area contributed by atoms with Crippen LogP contribution >= 0.6 is 11.3 Å². The highest BCUT2D eigenvalue weighted by molar-refractivity contribution is 7.17. The molecule has 3 heteroatoms. The van der Waals surface area contributed by atoms with Crippen LogP contribution in [-0.4, -0.2) is 4.98 Å². The van der Waals surface area contributed by atoms with Crippen molar-refractivity contribution in [1.29, 1.82) is 0 Å². The summed E-state index contributed by atoms with van der Waals surface area (Å²) < 4.78 is 1.22. The van der Waals surface area contributed by atoms with Crippen LogP contribution in [0.15, 0.2) is 23.7 Å². The number of rotatable bonds is 1. The lowest BCUT2D eigenvalue weighted by Crippen LogP contribution is -1.98. The molecule has 2 rings (SSSR count). The van der Waals surface area contributed by atoms with Crippen LogP contribution in [0, 0.1) is 0 Å². The van der Waals surface area contributed by atoms with E-state index in [1.807, 2.05) is 6.07 Å². The first-order chi connectivity index (χ1) is 5.42. The molecule has 2 N–H and O–H groups in total. The van der Waals surface area contributed by atoms with Crippen molar-refractivity contribution < 1.29 is 0 Å². The predicted molar refractivity (Wildman–Crippen MR) is 47.5 cm³/mol. The third-order valence-electron chi connectivity index (χ3n) is 1.64. The van der Waals surface area contributed by atoms with Gasteiger partial charge in [-0.25, -0.2) is 0 Å². The van der Waals surface area contributed by atoms with Gasteiger partial charge in [-0.3, -0.25) is 4.98 Å². The van der Waals surface area contributed by atoms with Gasteiger partial charge in [0.2, 0.25) is 0 Å². The monoisotopic (exact) mass is 164 g/mol. The molecule has 0 radical (unpaired) electrons. The fourth-order valence-corrected chi connectivity index (χ4v) is 1.99. The lowest BCUT2D eigenvalue weighted by Gasteiger charge is -1.95. The molecule has 0 saturated heterocycles. The lowest BCUT2D eigenvalue weighted by molar-refractivity contribution is 1.01. The second kappa shape index (κ2) is 2.60. The Balaban J connectivity index is 2.79. The van der Waals surface area contributed by atoms with Gasteiger partial charge in [0.1, 0.15) is 0 Å². The number of hydrogen-bond acceptors (Lipinski definition) is 3. The Morgan fingerprint density at radius 3 is 3.18 bits per heavy atom. The zero-order chi connectivity index (χ0) is 7.68. The molecule has 0 aromatic carbocycles. The maximum Gasteiger partial charge on any atom is 0.0717 e. The Kier molecular flexibility index (Phi) is 1.60. The first kappa shape index (κ1) is 6.76. The molecule has 0 atom stereocenters. The summed E-state index contributed by atoms with van der Waals surface area (Å²) in [6.07, 6.45) is 1.80. The third kappa shape index (κ3) is 1.02. The highest BCUT2D eigenvalue weighted by atomic mass is 32.1. The first-order valence-corrected chi connectivity index (χ1v) is 4.31. The topological polar surface area (TPSA) is 38.9 Å². The van der Waals surface area contributed by atoms with Gasteiger partial charge in [0.15, 0.2) is 0 Å². The molecule has 2 nitrogen and oxygen atoms in total. The van der Waals surface area contributed by atoms with Crippen LogP contribution in [0.2, 0.25) is 0 Å². The van der Waals surface area contributed by atoms with Gasteiger partial charge in [-0.2, -0.15) is 0 Å². The lowest BCUT2D eigenvalue weighted by atomic mass is 10.3. The van der Waals surface area contributed by atoms with Crippen LogP contribution in [0.4, 0.5) is 0 Å². The second-order valence-corrected chi connectivity index (χ2v) is 3.22. The van der Waals surface area contributed by atoms with Crippen LogP contribution < -0.4 is 5.73 Å². The van der Waals surface area contributed by atoms with E-state index >= 15 is 0 Å². The molecule has 0 aliphatic carbocycles. The molecule has 0 amide bonds. The van der Waals surface area contributed by atoms with Crippen molar-refractivity contribution in [3.63, 3.8) is 0 Å². The average Bonchev–Trinajstić information content (AvgIpc) is 2.50. The van der Waals surface area contributed by atoms with Crippen molar-refractivity contribution in [1.82, 2.24) is 4.98 Å². The van der Waals surface area contributed by atoms with Crippen molar-refractivity contribution >= 4 is 21.4 Å². The summed E-state index contributed by atoms with van der Waals surface area (Å²) in [4.78, 5) is 4.18. The van der Waals surface area contributed by atoms with E-state index in [4.69, 9.17) is 5.73 Å². The first-order valence-electron chi connectivity index (χ1n) is 3.43. The fourth-order valence-electron chi connectivity index (χ4n) is 1.10. The zero-order valence-corrected chi connectivity index (χ0v) is 6.77. The molecule has 0 spiro atoms. The standard InChI is InChI=1S/C8H8N2S/c9-5-7-8-6(1-3-10-7)2-4-11-8/h1-4H,5,9H2. The minimum absolute atomic E-state index is 0.526. The average molecular weight is 164 g/mol. The summed E-state index contributed by atoms with van der Waals surface area (Å²) in [5.41, 5.74) is 6.52. The van der Waals surface area contributed by atoms with E-state index in [-0.39, 0.29) is 0 Å². The van der Waals surface area contributed by atoms with Gasteiger partial charge in [-0.1, -0.05) is 0 Å². The summed E-state index contributed by atoms with van der Waals surface area (Å²) >= 11 is 1.70. The maximum atomic E-state index is 5.52. The molecular formula is C8H8N2S. The molecule has 0 saturated carbocycles. The largest absolute Gasteiger partial charge is 0.325 e. The Bertz CT molecular complexity index is 367. The molecular weight excluding hydrogens is 156 g/mol. The highest BCUT2D eigenvalue weighted by Gasteiger charge is 1.99. The minimum atomic E-state index is 0.526. The fraction of sp³-hybridized carbons (Fsp3) is 0.125. The SMILES string of the molecule is NCc1nccc2ccsc12. The van der Waals surface area contributed by atoms with Crippen LogP contribution in [0.25, 0.3) is 10.1 Å². The van der Waals surface area contributed by atoms with Crippen LogP contribution in [0.3, 0.4) is 0 Å². The predicted octanol–water partition coefficient (Wildman–Crippen LogP) is 1.75. The molecule has 0 fully saturated rings.